The predicted octanol–water partition coefficient (Wildman–Crippen LogP) is 0.231. The topological polar surface area (TPSA) is 76.0 Å². The SMILES string of the molecule is Cn1cnc(S(=O)(=O)NCCC2CCCCN2)c1. The van der Waals surface area contributed by atoms with Gasteiger partial charge in [0.05, 0.1) is 6.33 Å². The Morgan fingerprint density at radius 1 is 1.56 bits per heavy atom. The van der Waals surface area contributed by atoms with E-state index in [0.29, 0.717) is 12.6 Å². The fraction of sp³-hybridized carbons (Fsp3) is 0.727. The van der Waals surface area contributed by atoms with E-state index in [-0.39, 0.29) is 5.03 Å². The number of hydrogen-bond acceptors (Lipinski definition) is 4. The van der Waals surface area contributed by atoms with E-state index in [2.05, 4.69) is 15.0 Å². The van der Waals surface area contributed by atoms with Crippen molar-refractivity contribution in [1.82, 2.24) is 19.6 Å². The van der Waals surface area contributed by atoms with Crippen molar-refractivity contribution in [2.45, 2.75) is 36.8 Å². The third kappa shape index (κ3) is 3.54. The molecule has 6 nitrogen and oxygen atoms in total. The van der Waals surface area contributed by atoms with E-state index in [1.807, 2.05) is 0 Å². The molecule has 0 amide bonds. The molecule has 0 saturated carbocycles. The molecule has 1 aliphatic rings. The van der Waals surface area contributed by atoms with Crippen LogP contribution in [0.5, 0.6) is 0 Å². The lowest BCUT2D eigenvalue weighted by molar-refractivity contribution is 0.382. The van der Waals surface area contributed by atoms with Gasteiger partial charge in [-0.15, -0.1) is 0 Å². The molecule has 0 aromatic carbocycles. The Labute approximate surface area is 108 Å². The van der Waals surface area contributed by atoms with E-state index in [0.717, 1.165) is 19.4 Å². The zero-order chi connectivity index (χ0) is 13.0. The molecule has 1 aromatic heterocycles. The standard InChI is InChI=1S/C11H20N4O2S/c1-15-8-11(13-9-15)18(16,17)14-7-5-10-4-2-3-6-12-10/h8-10,12,14H,2-7H2,1H3. The monoisotopic (exact) mass is 272 g/mol. The first kappa shape index (κ1) is 13.5. The zero-order valence-electron chi connectivity index (χ0n) is 10.6. The molecular formula is C11H20N4O2S. The summed E-state index contributed by atoms with van der Waals surface area (Å²) in [7, 11) is -1.70. The molecule has 1 atom stereocenters. The van der Waals surface area contributed by atoms with Gasteiger partial charge in [-0.3, -0.25) is 0 Å². The Morgan fingerprint density at radius 3 is 3.00 bits per heavy atom. The molecule has 2 N–H and O–H groups in total. The number of sulfonamides is 1. The Hall–Kier alpha value is -0.920. The van der Waals surface area contributed by atoms with Gasteiger partial charge in [0.25, 0.3) is 10.0 Å². The van der Waals surface area contributed by atoms with Gasteiger partial charge in [0.15, 0.2) is 5.03 Å². The summed E-state index contributed by atoms with van der Waals surface area (Å²) in [5.41, 5.74) is 0. The first-order valence-corrected chi connectivity index (χ1v) is 7.77. The Morgan fingerprint density at radius 2 is 2.39 bits per heavy atom. The van der Waals surface area contributed by atoms with Crippen molar-refractivity contribution in [2.75, 3.05) is 13.1 Å². The minimum Gasteiger partial charge on any atom is -0.339 e. The van der Waals surface area contributed by atoms with Crippen LogP contribution >= 0.6 is 0 Å². The van der Waals surface area contributed by atoms with Gasteiger partial charge < -0.3 is 9.88 Å². The van der Waals surface area contributed by atoms with Crippen LogP contribution in [0.2, 0.25) is 0 Å². The van der Waals surface area contributed by atoms with Crippen molar-refractivity contribution < 1.29 is 8.42 Å². The number of hydrogen-bond donors (Lipinski definition) is 2. The predicted molar refractivity (Wildman–Crippen MR) is 68.7 cm³/mol. The third-order valence-electron chi connectivity index (χ3n) is 3.15. The molecule has 1 aliphatic heterocycles. The van der Waals surface area contributed by atoms with E-state index < -0.39 is 10.0 Å². The fourth-order valence-electron chi connectivity index (χ4n) is 2.14. The minimum atomic E-state index is -3.45. The highest BCUT2D eigenvalue weighted by Gasteiger charge is 2.18. The summed E-state index contributed by atoms with van der Waals surface area (Å²) in [4.78, 5) is 3.85. The third-order valence-corrected chi connectivity index (χ3v) is 4.50. The van der Waals surface area contributed by atoms with E-state index in [1.54, 1.807) is 11.6 Å². The second-order valence-corrected chi connectivity index (χ2v) is 6.42. The summed E-state index contributed by atoms with van der Waals surface area (Å²) in [6, 6.07) is 0.435. The molecule has 1 unspecified atom stereocenters. The summed E-state index contributed by atoms with van der Waals surface area (Å²) >= 11 is 0. The van der Waals surface area contributed by atoms with Crippen LogP contribution in [0, 0.1) is 0 Å². The molecule has 1 fully saturated rings. The van der Waals surface area contributed by atoms with Crippen LogP contribution in [-0.2, 0) is 17.1 Å². The number of nitrogens with zero attached hydrogens (tertiary/aromatic N) is 2. The minimum absolute atomic E-state index is 0.0848. The van der Waals surface area contributed by atoms with Gasteiger partial charge in [0.1, 0.15) is 0 Å². The summed E-state index contributed by atoms with van der Waals surface area (Å²) in [5.74, 6) is 0. The molecule has 2 heterocycles. The lowest BCUT2D eigenvalue weighted by Gasteiger charge is -2.23. The molecule has 1 aromatic rings. The molecular weight excluding hydrogens is 252 g/mol. The smallest absolute Gasteiger partial charge is 0.259 e. The van der Waals surface area contributed by atoms with Crippen molar-refractivity contribution in [3.8, 4) is 0 Å². The molecule has 2 rings (SSSR count). The van der Waals surface area contributed by atoms with Gasteiger partial charge in [-0.25, -0.2) is 18.1 Å². The number of imidazole rings is 1. The van der Waals surface area contributed by atoms with Crippen molar-refractivity contribution >= 4 is 10.0 Å². The lowest BCUT2D eigenvalue weighted by atomic mass is 10.0. The second-order valence-electron chi connectivity index (χ2n) is 4.71. The van der Waals surface area contributed by atoms with Crippen LogP contribution in [-0.4, -0.2) is 37.1 Å². The molecule has 102 valence electrons. The fourth-order valence-corrected chi connectivity index (χ4v) is 3.16. The highest BCUT2D eigenvalue weighted by atomic mass is 32.2. The number of piperidine rings is 1. The number of aromatic nitrogens is 2. The van der Waals surface area contributed by atoms with Gasteiger partial charge >= 0.3 is 0 Å². The molecule has 0 radical (unpaired) electrons. The Balaban J connectivity index is 1.82. The first-order valence-electron chi connectivity index (χ1n) is 6.29. The van der Waals surface area contributed by atoms with E-state index in [1.165, 1.54) is 25.4 Å². The van der Waals surface area contributed by atoms with Crippen molar-refractivity contribution in [3.05, 3.63) is 12.5 Å². The van der Waals surface area contributed by atoms with Crippen molar-refractivity contribution in [3.63, 3.8) is 0 Å². The largest absolute Gasteiger partial charge is 0.339 e. The molecule has 1 saturated heterocycles. The van der Waals surface area contributed by atoms with Crippen LogP contribution in [0.15, 0.2) is 17.6 Å². The van der Waals surface area contributed by atoms with Gasteiger partial charge in [0, 0.05) is 25.8 Å². The van der Waals surface area contributed by atoms with Crippen LogP contribution in [0.1, 0.15) is 25.7 Å². The van der Waals surface area contributed by atoms with Crippen LogP contribution in [0.3, 0.4) is 0 Å². The maximum Gasteiger partial charge on any atom is 0.259 e. The lowest BCUT2D eigenvalue weighted by Crippen LogP contribution is -2.37. The second kappa shape index (κ2) is 5.81. The van der Waals surface area contributed by atoms with Crippen molar-refractivity contribution in [2.24, 2.45) is 7.05 Å². The number of nitrogens with one attached hydrogen (secondary N) is 2. The van der Waals surface area contributed by atoms with Crippen LogP contribution in [0.25, 0.3) is 0 Å². The van der Waals surface area contributed by atoms with Crippen LogP contribution in [0.4, 0.5) is 0 Å². The Bertz CT molecular complexity index is 477. The Kier molecular flexibility index (Phi) is 4.36. The average Bonchev–Trinajstić information content (AvgIpc) is 2.78. The van der Waals surface area contributed by atoms with E-state index in [4.69, 9.17) is 0 Å². The van der Waals surface area contributed by atoms with Gasteiger partial charge in [0.2, 0.25) is 0 Å². The molecule has 7 heteroatoms. The highest BCUT2D eigenvalue weighted by molar-refractivity contribution is 7.89. The average molecular weight is 272 g/mol. The molecule has 0 spiro atoms. The van der Waals surface area contributed by atoms with E-state index >= 15 is 0 Å². The van der Waals surface area contributed by atoms with Crippen LogP contribution < -0.4 is 10.0 Å². The summed E-state index contributed by atoms with van der Waals surface area (Å²) in [6.07, 6.45) is 7.39. The quantitative estimate of drug-likeness (QED) is 0.804. The first-order chi connectivity index (χ1) is 8.58. The normalized spacial score (nSPS) is 21.1. The summed E-state index contributed by atoms with van der Waals surface area (Å²) < 4.78 is 28.0. The van der Waals surface area contributed by atoms with Crippen molar-refractivity contribution in [1.29, 1.82) is 0 Å². The summed E-state index contributed by atoms with van der Waals surface area (Å²) in [6.45, 7) is 1.49. The van der Waals surface area contributed by atoms with Gasteiger partial charge in [-0.1, -0.05) is 6.42 Å². The van der Waals surface area contributed by atoms with Gasteiger partial charge in [-0.2, -0.15) is 0 Å². The molecule has 0 bridgehead atoms. The molecule has 18 heavy (non-hydrogen) atoms. The van der Waals surface area contributed by atoms with E-state index in [9.17, 15) is 8.42 Å². The van der Waals surface area contributed by atoms with Gasteiger partial charge in [-0.05, 0) is 25.8 Å². The molecule has 0 aliphatic carbocycles. The zero-order valence-corrected chi connectivity index (χ0v) is 11.4. The maximum absolute atomic E-state index is 11.9. The maximum atomic E-state index is 11.9. The summed E-state index contributed by atoms with van der Waals surface area (Å²) in [5, 5.41) is 3.48. The number of aryl methyl sites for hydroxylation is 1. The number of rotatable bonds is 5. The highest BCUT2D eigenvalue weighted by Crippen LogP contribution is 2.10.